The molecule has 0 saturated carbocycles. The summed E-state index contributed by atoms with van der Waals surface area (Å²) in [5.41, 5.74) is 1.13. The van der Waals surface area contributed by atoms with Gasteiger partial charge in [-0.25, -0.2) is 0 Å². The molecule has 0 unspecified atom stereocenters. The molecule has 1 fully saturated rings. The molecule has 22 heavy (non-hydrogen) atoms. The molecule has 1 aliphatic rings. The van der Waals surface area contributed by atoms with Crippen molar-refractivity contribution in [1.29, 1.82) is 0 Å². The van der Waals surface area contributed by atoms with E-state index in [1.54, 1.807) is 0 Å². The summed E-state index contributed by atoms with van der Waals surface area (Å²) in [6.45, 7) is 8.62. The number of carbonyl (C=O) groups is 1. The van der Waals surface area contributed by atoms with E-state index < -0.39 is 0 Å². The highest BCUT2D eigenvalue weighted by atomic mass is 16.5. The largest absolute Gasteiger partial charge is 0.484 e. The summed E-state index contributed by atoms with van der Waals surface area (Å²) in [5.74, 6) is 1.57. The molecule has 4 nitrogen and oxygen atoms in total. The Balaban J connectivity index is 1.54. The maximum Gasteiger partial charge on any atom is 0.257 e. The molecule has 1 aromatic rings. The van der Waals surface area contributed by atoms with Gasteiger partial charge < -0.3 is 15.0 Å². The lowest BCUT2D eigenvalue weighted by Crippen LogP contribution is -2.36. The number of carbonyl (C=O) groups excluding carboxylic acids is 1. The first kappa shape index (κ1) is 16.8. The predicted octanol–water partition coefficient (Wildman–Crippen LogP) is 2.61. The summed E-state index contributed by atoms with van der Waals surface area (Å²) < 4.78 is 5.48. The molecule has 1 amide bonds. The minimum atomic E-state index is -0.0474. The van der Waals surface area contributed by atoms with Crippen LogP contribution in [0.5, 0.6) is 5.75 Å². The number of hydrogen-bond donors (Lipinski definition) is 1. The molecule has 4 heteroatoms. The van der Waals surface area contributed by atoms with Crippen molar-refractivity contribution < 1.29 is 9.53 Å². The average molecular weight is 304 g/mol. The molecular formula is C18H28N2O2. The summed E-state index contributed by atoms with van der Waals surface area (Å²) in [6.07, 6.45) is 3.61. The second-order valence-electron chi connectivity index (χ2n) is 6.33. The molecule has 1 heterocycles. The van der Waals surface area contributed by atoms with E-state index >= 15 is 0 Å². The summed E-state index contributed by atoms with van der Waals surface area (Å²) >= 11 is 0. The molecular weight excluding hydrogens is 276 g/mol. The lowest BCUT2D eigenvalue weighted by atomic mass is 9.99. The van der Waals surface area contributed by atoms with Crippen LogP contribution in [0.25, 0.3) is 0 Å². The third-order valence-corrected chi connectivity index (χ3v) is 4.21. The summed E-state index contributed by atoms with van der Waals surface area (Å²) in [6, 6.07) is 7.75. The van der Waals surface area contributed by atoms with Crippen LogP contribution in [-0.4, -0.2) is 43.6 Å². The van der Waals surface area contributed by atoms with Crippen molar-refractivity contribution in [3.8, 4) is 5.75 Å². The van der Waals surface area contributed by atoms with Crippen molar-refractivity contribution in [3.05, 3.63) is 29.8 Å². The highest BCUT2D eigenvalue weighted by molar-refractivity contribution is 5.77. The third-order valence-electron chi connectivity index (χ3n) is 4.21. The van der Waals surface area contributed by atoms with Crippen molar-refractivity contribution in [2.45, 2.75) is 33.1 Å². The van der Waals surface area contributed by atoms with Crippen molar-refractivity contribution in [1.82, 2.24) is 10.2 Å². The fourth-order valence-electron chi connectivity index (χ4n) is 2.72. The molecule has 0 atom stereocenters. The third kappa shape index (κ3) is 6.06. The Morgan fingerprint density at radius 1 is 1.36 bits per heavy atom. The predicted molar refractivity (Wildman–Crippen MR) is 89.1 cm³/mol. The summed E-state index contributed by atoms with van der Waals surface area (Å²) in [7, 11) is 0. The van der Waals surface area contributed by atoms with Crippen LogP contribution in [0.3, 0.4) is 0 Å². The van der Waals surface area contributed by atoms with Crippen LogP contribution in [-0.2, 0) is 4.79 Å². The number of nitrogens with one attached hydrogen (secondary N) is 1. The van der Waals surface area contributed by atoms with E-state index in [4.69, 9.17) is 4.74 Å². The molecule has 122 valence electrons. The van der Waals surface area contributed by atoms with Crippen LogP contribution in [0.1, 0.15) is 31.7 Å². The van der Waals surface area contributed by atoms with Gasteiger partial charge in [-0.3, -0.25) is 4.79 Å². The van der Waals surface area contributed by atoms with Gasteiger partial charge >= 0.3 is 0 Å². The van der Waals surface area contributed by atoms with Crippen LogP contribution >= 0.6 is 0 Å². The first-order valence-corrected chi connectivity index (χ1v) is 8.32. The average Bonchev–Trinajstić information content (AvgIpc) is 2.51. The molecule has 2 rings (SSSR count). The number of aryl methyl sites for hydroxylation is 1. The zero-order valence-electron chi connectivity index (χ0n) is 13.8. The minimum absolute atomic E-state index is 0.0474. The Morgan fingerprint density at radius 3 is 2.86 bits per heavy atom. The van der Waals surface area contributed by atoms with E-state index in [1.165, 1.54) is 25.9 Å². The first-order chi connectivity index (χ1) is 10.6. The quantitative estimate of drug-likeness (QED) is 0.787. The lowest BCUT2D eigenvalue weighted by Gasteiger charge is -2.30. The molecule has 0 aliphatic carbocycles. The first-order valence-electron chi connectivity index (χ1n) is 8.32. The van der Waals surface area contributed by atoms with E-state index in [9.17, 15) is 4.79 Å². The van der Waals surface area contributed by atoms with Gasteiger partial charge in [0.15, 0.2) is 6.61 Å². The maximum absolute atomic E-state index is 11.7. The minimum Gasteiger partial charge on any atom is -0.484 e. The van der Waals surface area contributed by atoms with E-state index in [1.807, 2.05) is 31.2 Å². The molecule has 0 bridgehead atoms. The van der Waals surface area contributed by atoms with Gasteiger partial charge in [0.05, 0.1) is 0 Å². The SMILES string of the molecule is Cc1cccc(OCC(=O)NCCCN2CCC(C)CC2)c1. The van der Waals surface area contributed by atoms with Gasteiger partial charge in [0, 0.05) is 6.54 Å². The highest BCUT2D eigenvalue weighted by Crippen LogP contribution is 2.15. The number of likely N-dealkylation sites (tertiary alicyclic amines) is 1. The van der Waals surface area contributed by atoms with Gasteiger partial charge in [0.25, 0.3) is 5.91 Å². The Labute approximate surface area is 133 Å². The Hall–Kier alpha value is -1.55. The fourth-order valence-corrected chi connectivity index (χ4v) is 2.72. The number of ether oxygens (including phenoxy) is 1. The van der Waals surface area contributed by atoms with Crippen molar-refractivity contribution in [2.24, 2.45) is 5.92 Å². The Bertz CT molecular complexity index is 468. The van der Waals surface area contributed by atoms with Gasteiger partial charge in [-0.1, -0.05) is 19.1 Å². The zero-order chi connectivity index (χ0) is 15.8. The second-order valence-corrected chi connectivity index (χ2v) is 6.33. The maximum atomic E-state index is 11.7. The normalized spacial score (nSPS) is 16.5. The Morgan fingerprint density at radius 2 is 2.14 bits per heavy atom. The number of benzene rings is 1. The topological polar surface area (TPSA) is 41.6 Å². The van der Waals surface area contributed by atoms with Crippen LogP contribution in [0.4, 0.5) is 0 Å². The lowest BCUT2D eigenvalue weighted by molar-refractivity contribution is -0.123. The van der Waals surface area contributed by atoms with E-state index in [-0.39, 0.29) is 12.5 Å². The molecule has 1 N–H and O–H groups in total. The van der Waals surface area contributed by atoms with Gasteiger partial charge in [0.2, 0.25) is 0 Å². The molecule has 0 spiro atoms. The highest BCUT2D eigenvalue weighted by Gasteiger charge is 2.14. The molecule has 1 aromatic carbocycles. The number of nitrogens with zero attached hydrogens (tertiary/aromatic N) is 1. The number of rotatable bonds is 7. The van der Waals surface area contributed by atoms with Crippen LogP contribution < -0.4 is 10.1 Å². The van der Waals surface area contributed by atoms with Crippen molar-refractivity contribution in [2.75, 3.05) is 32.8 Å². The zero-order valence-corrected chi connectivity index (χ0v) is 13.8. The van der Waals surface area contributed by atoms with Crippen molar-refractivity contribution in [3.63, 3.8) is 0 Å². The van der Waals surface area contributed by atoms with Gasteiger partial charge in [-0.05, 0) is 69.4 Å². The molecule has 0 radical (unpaired) electrons. The van der Waals surface area contributed by atoms with Gasteiger partial charge in [-0.15, -0.1) is 0 Å². The van der Waals surface area contributed by atoms with Crippen LogP contribution in [0.2, 0.25) is 0 Å². The summed E-state index contributed by atoms with van der Waals surface area (Å²) in [5, 5.41) is 2.93. The standard InChI is InChI=1S/C18H28N2O2/c1-15-7-11-20(12-8-15)10-4-9-19-18(21)14-22-17-6-3-5-16(2)13-17/h3,5-6,13,15H,4,7-12,14H2,1-2H3,(H,19,21). The van der Waals surface area contributed by atoms with Crippen molar-refractivity contribution >= 4 is 5.91 Å². The van der Waals surface area contributed by atoms with Gasteiger partial charge in [0.1, 0.15) is 5.75 Å². The number of hydrogen-bond acceptors (Lipinski definition) is 3. The van der Waals surface area contributed by atoms with E-state index in [0.29, 0.717) is 0 Å². The molecule has 1 saturated heterocycles. The van der Waals surface area contributed by atoms with E-state index in [2.05, 4.69) is 17.1 Å². The molecule has 0 aromatic heterocycles. The van der Waals surface area contributed by atoms with Gasteiger partial charge in [-0.2, -0.15) is 0 Å². The molecule has 1 aliphatic heterocycles. The monoisotopic (exact) mass is 304 g/mol. The second kappa shape index (κ2) is 8.79. The summed E-state index contributed by atoms with van der Waals surface area (Å²) in [4.78, 5) is 14.2. The van der Waals surface area contributed by atoms with E-state index in [0.717, 1.165) is 36.7 Å². The fraction of sp³-hybridized carbons (Fsp3) is 0.611. The van der Waals surface area contributed by atoms with Crippen LogP contribution in [0, 0.1) is 12.8 Å². The van der Waals surface area contributed by atoms with Crippen LogP contribution in [0.15, 0.2) is 24.3 Å². The number of amides is 1. The number of piperidine rings is 1. The smallest absolute Gasteiger partial charge is 0.257 e. The Kier molecular flexibility index (Phi) is 6.72.